The largest absolute Gasteiger partial charge is 0.505 e. The molecule has 9 nitrogen and oxygen atoms in total. The number of fused-ring (bicyclic) bond motifs is 3. The van der Waals surface area contributed by atoms with Crippen LogP contribution in [0.2, 0.25) is 0 Å². The lowest BCUT2D eigenvalue weighted by Gasteiger charge is -2.17. The van der Waals surface area contributed by atoms with E-state index in [0.717, 1.165) is 0 Å². The Morgan fingerprint density at radius 3 is 2.65 bits per heavy atom. The summed E-state index contributed by atoms with van der Waals surface area (Å²) in [6.07, 6.45) is -2.19. The standard InChI is InChI=1S/C14H15N3O6/c1-4-10(18)9-7(13(21)11(4)19)5(3-23-14(16)22)8-12(20)6(15)2-17(8)9/h6,12,18,20H,2-3,15H2,1H3,(H2,16,22). The van der Waals surface area contributed by atoms with Gasteiger partial charge in [-0.1, -0.05) is 0 Å². The van der Waals surface area contributed by atoms with Gasteiger partial charge in [-0.15, -0.1) is 0 Å². The van der Waals surface area contributed by atoms with Crippen molar-refractivity contribution in [3.05, 3.63) is 28.1 Å². The van der Waals surface area contributed by atoms with Crippen LogP contribution in [-0.4, -0.2) is 38.5 Å². The van der Waals surface area contributed by atoms with Crippen LogP contribution < -0.4 is 11.5 Å². The molecule has 2 aliphatic rings. The normalized spacial score (nSPS) is 23.1. The van der Waals surface area contributed by atoms with Crippen LogP contribution in [-0.2, 0) is 22.7 Å². The van der Waals surface area contributed by atoms with Crippen molar-refractivity contribution in [3.63, 3.8) is 0 Å². The van der Waals surface area contributed by atoms with Crippen molar-refractivity contribution in [3.8, 4) is 0 Å². The van der Waals surface area contributed by atoms with Crippen LogP contribution in [0, 0.1) is 0 Å². The van der Waals surface area contributed by atoms with E-state index in [-0.39, 0.29) is 40.4 Å². The molecule has 0 radical (unpaired) electrons. The van der Waals surface area contributed by atoms with E-state index in [0.29, 0.717) is 0 Å². The molecule has 2 heterocycles. The van der Waals surface area contributed by atoms with Gasteiger partial charge in [0.25, 0.3) is 0 Å². The van der Waals surface area contributed by atoms with E-state index >= 15 is 0 Å². The van der Waals surface area contributed by atoms with E-state index in [1.165, 1.54) is 11.5 Å². The summed E-state index contributed by atoms with van der Waals surface area (Å²) < 4.78 is 6.20. The zero-order chi connectivity index (χ0) is 17.0. The van der Waals surface area contributed by atoms with Gasteiger partial charge in [0.2, 0.25) is 11.6 Å². The highest BCUT2D eigenvalue weighted by molar-refractivity contribution is 6.52. The lowest BCUT2D eigenvalue weighted by Crippen LogP contribution is -2.29. The van der Waals surface area contributed by atoms with Crippen molar-refractivity contribution < 1.29 is 29.3 Å². The number of nitrogens with zero attached hydrogens (tertiary/aromatic N) is 1. The van der Waals surface area contributed by atoms with E-state index in [4.69, 9.17) is 16.2 Å². The monoisotopic (exact) mass is 321 g/mol. The molecule has 2 atom stereocenters. The maximum absolute atomic E-state index is 12.3. The molecule has 1 aliphatic carbocycles. The summed E-state index contributed by atoms with van der Waals surface area (Å²) in [6.45, 7) is 1.08. The third-order valence-electron chi connectivity index (χ3n) is 4.20. The number of carbonyl (C=O) groups is 3. The van der Waals surface area contributed by atoms with Crippen LogP contribution in [0.3, 0.4) is 0 Å². The Morgan fingerprint density at radius 2 is 2.04 bits per heavy atom. The number of rotatable bonds is 2. The second kappa shape index (κ2) is 4.93. The lowest BCUT2D eigenvalue weighted by molar-refractivity contribution is -0.111. The third kappa shape index (κ3) is 1.97. The van der Waals surface area contributed by atoms with Crippen LogP contribution in [0.5, 0.6) is 0 Å². The van der Waals surface area contributed by atoms with Gasteiger partial charge in [-0.3, -0.25) is 9.59 Å². The number of ether oxygens (including phenoxy) is 1. The highest BCUT2D eigenvalue weighted by Crippen LogP contribution is 2.41. The Balaban J connectivity index is 2.27. The summed E-state index contributed by atoms with van der Waals surface area (Å²) in [6, 6.07) is -0.650. The Morgan fingerprint density at radius 1 is 1.39 bits per heavy atom. The SMILES string of the molecule is CC1=C(O)c2c(c(COC(N)=O)c3n2CC(N)C3O)C(=O)C1=O. The molecule has 2 unspecified atom stereocenters. The Hall–Kier alpha value is -2.65. The fourth-order valence-electron chi connectivity index (χ4n) is 3.08. The van der Waals surface area contributed by atoms with Crippen LogP contribution in [0.25, 0.3) is 5.76 Å². The molecule has 0 aromatic carbocycles. The summed E-state index contributed by atoms with van der Waals surface area (Å²) in [5.74, 6) is -2.03. The number of aliphatic hydroxyl groups is 2. The summed E-state index contributed by atoms with van der Waals surface area (Å²) in [4.78, 5) is 35.2. The summed E-state index contributed by atoms with van der Waals surface area (Å²) in [7, 11) is 0. The molecule has 0 spiro atoms. The van der Waals surface area contributed by atoms with Gasteiger partial charge in [0.05, 0.1) is 23.0 Å². The van der Waals surface area contributed by atoms with Crippen molar-refractivity contribution in [1.29, 1.82) is 0 Å². The van der Waals surface area contributed by atoms with E-state index in [1.54, 1.807) is 0 Å². The predicted octanol–water partition coefficient (Wildman–Crippen LogP) is -0.488. The number of primary amides is 1. The fourth-order valence-corrected chi connectivity index (χ4v) is 3.08. The highest BCUT2D eigenvalue weighted by Gasteiger charge is 2.43. The van der Waals surface area contributed by atoms with Gasteiger partial charge in [-0.05, 0) is 6.92 Å². The molecular formula is C14H15N3O6. The molecule has 9 heteroatoms. The number of aromatic nitrogens is 1. The molecule has 1 aliphatic heterocycles. The van der Waals surface area contributed by atoms with Crippen molar-refractivity contribution in [2.24, 2.45) is 11.5 Å². The van der Waals surface area contributed by atoms with Gasteiger partial charge in [0, 0.05) is 17.7 Å². The first-order valence-corrected chi connectivity index (χ1v) is 6.86. The third-order valence-corrected chi connectivity index (χ3v) is 4.20. The van der Waals surface area contributed by atoms with Gasteiger partial charge < -0.3 is 31.0 Å². The van der Waals surface area contributed by atoms with Gasteiger partial charge in [-0.2, -0.15) is 0 Å². The average molecular weight is 321 g/mol. The second-order valence-electron chi connectivity index (χ2n) is 5.55. The topological polar surface area (TPSA) is 158 Å². The molecule has 0 saturated carbocycles. The number of aliphatic hydroxyl groups excluding tert-OH is 2. The second-order valence-corrected chi connectivity index (χ2v) is 5.55. The number of hydrogen-bond acceptors (Lipinski definition) is 7. The molecule has 1 amide bonds. The first-order chi connectivity index (χ1) is 10.8. The molecule has 1 aromatic rings. The summed E-state index contributed by atoms with van der Waals surface area (Å²) in [5, 5.41) is 20.5. The maximum Gasteiger partial charge on any atom is 0.404 e. The van der Waals surface area contributed by atoms with Gasteiger partial charge >= 0.3 is 6.09 Å². The summed E-state index contributed by atoms with van der Waals surface area (Å²) in [5.41, 5.74) is 11.1. The molecule has 0 saturated heterocycles. The molecule has 6 N–H and O–H groups in total. The summed E-state index contributed by atoms with van der Waals surface area (Å²) >= 11 is 0. The minimum Gasteiger partial charge on any atom is -0.505 e. The number of Topliss-reactive ketones (excluding diaryl/α,β-unsaturated/α-hetero) is 2. The van der Waals surface area contributed by atoms with Crippen molar-refractivity contribution >= 4 is 23.4 Å². The predicted molar refractivity (Wildman–Crippen MR) is 76.3 cm³/mol. The van der Waals surface area contributed by atoms with Crippen LogP contribution in [0.1, 0.15) is 40.3 Å². The van der Waals surface area contributed by atoms with E-state index in [2.05, 4.69) is 0 Å². The van der Waals surface area contributed by atoms with Crippen molar-refractivity contribution in [2.75, 3.05) is 0 Å². The van der Waals surface area contributed by atoms with Gasteiger partial charge in [0.15, 0.2) is 0 Å². The smallest absolute Gasteiger partial charge is 0.404 e. The van der Waals surface area contributed by atoms with E-state index in [1.807, 2.05) is 0 Å². The van der Waals surface area contributed by atoms with Crippen LogP contribution in [0.15, 0.2) is 5.57 Å². The molecule has 23 heavy (non-hydrogen) atoms. The molecular weight excluding hydrogens is 306 g/mol. The quantitative estimate of drug-likeness (QED) is 0.535. The Labute approximate surface area is 130 Å². The number of amides is 1. The molecule has 122 valence electrons. The van der Waals surface area contributed by atoms with Gasteiger partial charge in [0.1, 0.15) is 18.5 Å². The van der Waals surface area contributed by atoms with E-state index in [9.17, 15) is 24.6 Å². The minimum atomic E-state index is -1.12. The first-order valence-electron chi connectivity index (χ1n) is 6.86. The molecule has 0 bridgehead atoms. The fraction of sp³-hybridized carbons (Fsp3) is 0.357. The minimum absolute atomic E-state index is 0.0831. The van der Waals surface area contributed by atoms with Gasteiger partial charge in [-0.25, -0.2) is 4.79 Å². The van der Waals surface area contributed by atoms with E-state index < -0.39 is 36.4 Å². The molecule has 1 aromatic heterocycles. The van der Waals surface area contributed by atoms with Crippen molar-refractivity contribution in [2.45, 2.75) is 32.2 Å². The number of nitrogens with two attached hydrogens (primary N) is 2. The van der Waals surface area contributed by atoms with Crippen LogP contribution >= 0.6 is 0 Å². The van der Waals surface area contributed by atoms with Crippen molar-refractivity contribution in [1.82, 2.24) is 4.57 Å². The maximum atomic E-state index is 12.3. The molecule has 0 fully saturated rings. The number of ketones is 2. The first kappa shape index (κ1) is 15.3. The zero-order valence-electron chi connectivity index (χ0n) is 12.2. The highest BCUT2D eigenvalue weighted by atomic mass is 16.5. The zero-order valence-corrected chi connectivity index (χ0v) is 12.2. The Kier molecular flexibility index (Phi) is 3.27. The lowest BCUT2D eigenvalue weighted by atomic mass is 9.90. The number of hydrogen-bond donors (Lipinski definition) is 4. The number of allylic oxidation sites excluding steroid dienone is 1. The molecule has 3 rings (SSSR count). The Bertz CT molecular complexity index is 791. The van der Waals surface area contributed by atoms with Crippen LogP contribution in [0.4, 0.5) is 4.79 Å². The number of carbonyl (C=O) groups excluding carboxylic acids is 3. The average Bonchev–Trinajstić information content (AvgIpc) is 2.96.